The SMILES string of the molecule is CN1CCC(C2CC(=O)Nc3ccc(C(=O)O)cc32)CC1. The number of piperidine rings is 1. The number of carboxylic acids is 1. The predicted molar refractivity (Wildman–Crippen MR) is 79.6 cm³/mol. The molecule has 21 heavy (non-hydrogen) atoms. The molecule has 3 rings (SSSR count). The molecule has 2 N–H and O–H groups in total. The number of hydrogen-bond donors (Lipinski definition) is 2. The van der Waals surface area contributed by atoms with Gasteiger partial charge in [-0.15, -0.1) is 0 Å². The van der Waals surface area contributed by atoms with E-state index in [1.54, 1.807) is 18.2 Å². The van der Waals surface area contributed by atoms with Crippen molar-refractivity contribution in [2.75, 3.05) is 25.5 Å². The molecule has 0 radical (unpaired) electrons. The minimum absolute atomic E-state index is 0.0366. The highest BCUT2D eigenvalue weighted by atomic mass is 16.4. The van der Waals surface area contributed by atoms with Gasteiger partial charge in [0, 0.05) is 12.1 Å². The van der Waals surface area contributed by atoms with Crippen LogP contribution in [0.15, 0.2) is 18.2 Å². The molecule has 112 valence electrons. The number of hydrogen-bond acceptors (Lipinski definition) is 3. The van der Waals surface area contributed by atoms with E-state index >= 15 is 0 Å². The Morgan fingerprint density at radius 1 is 1.33 bits per heavy atom. The van der Waals surface area contributed by atoms with Gasteiger partial charge in [0.25, 0.3) is 0 Å². The van der Waals surface area contributed by atoms with E-state index in [9.17, 15) is 14.7 Å². The molecule has 5 heteroatoms. The Labute approximate surface area is 123 Å². The first-order valence-corrected chi connectivity index (χ1v) is 7.40. The van der Waals surface area contributed by atoms with Crippen molar-refractivity contribution >= 4 is 17.6 Å². The lowest BCUT2D eigenvalue weighted by molar-refractivity contribution is -0.117. The Hall–Kier alpha value is -1.88. The van der Waals surface area contributed by atoms with E-state index in [1.165, 1.54) is 0 Å². The van der Waals surface area contributed by atoms with Crippen LogP contribution in [0.5, 0.6) is 0 Å². The Kier molecular flexibility index (Phi) is 3.68. The standard InChI is InChI=1S/C16H20N2O3/c1-18-6-4-10(5-7-18)12-9-15(19)17-14-3-2-11(16(20)21)8-13(12)14/h2-3,8,10,12H,4-7,9H2,1H3,(H,17,19)(H,20,21). The second-order valence-electron chi connectivity index (χ2n) is 6.11. The van der Waals surface area contributed by atoms with Crippen LogP contribution in [-0.2, 0) is 4.79 Å². The van der Waals surface area contributed by atoms with Gasteiger partial charge in [-0.05, 0) is 68.6 Å². The number of benzene rings is 1. The molecule has 0 bridgehead atoms. The van der Waals surface area contributed by atoms with E-state index in [2.05, 4.69) is 17.3 Å². The average molecular weight is 288 g/mol. The van der Waals surface area contributed by atoms with Crippen molar-refractivity contribution in [1.29, 1.82) is 0 Å². The summed E-state index contributed by atoms with van der Waals surface area (Å²) in [4.78, 5) is 25.4. The molecule has 2 aliphatic heterocycles. The predicted octanol–water partition coefficient (Wildman–Crippen LogP) is 2.15. The maximum atomic E-state index is 11.9. The molecule has 1 fully saturated rings. The highest BCUT2D eigenvalue weighted by Gasteiger charge is 2.33. The van der Waals surface area contributed by atoms with Crippen LogP contribution in [0.4, 0.5) is 5.69 Å². The van der Waals surface area contributed by atoms with Crippen molar-refractivity contribution in [1.82, 2.24) is 4.90 Å². The number of aromatic carboxylic acids is 1. The van der Waals surface area contributed by atoms with Crippen LogP contribution in [0.3, 0.4) is 0 Å². The van der Waals surface area contributed by atoms with Crippen molar-refractivity contribution in [2.24, 2.45) is 5.92 Å². The van der Waals surface area contributed by atoms with Crippen molar-refractivity contribution in [3.05, 3.63) is 29.3 Å². The van der Waals surface area contributed by atoms with Gasteiger partial charge in [-0.1, -0.05) is 0 Å². The summed E-state index contributed by atoms with van der Waals surface area (Å²) in [5, 5.41) is 12.0. The molecule has 1 saturated heterocycles. The fourth-order valence-electron chi connectivity index (χ4n) is 3.48. The minimum atomic E-state index is -0.920. The van der Waals surface area contributed by atoms with E-state index < -0.39 is 5.97 Å². The lowest BCUT2D eigenvalue weighted by atomic mass is 9.75. The van der Waals surface area contributed by atoms with Gasteiger partial charge < -0.3 is 15.3 Å². The Morgan fingerprint density at radius 2 is 2.05 bits per heavy atom. The summed E-state index contributed by atoms with van der Waals surface area (Å²) in [5.41, 5.74) is 2.06. The smallest absolute Gasteiger partial charge is 0.335 e. The number of anilines is 1. The minimum Gasteiger partial charge on any atom is -0.478 e. The van der Waals surface area contributed by atoms with Crippen molar-refractivity contribution < 1.29 is 14.7 Å². The number of nitrogens with one attached hydrogen (secondary N) is 1. The molecule has 2 heterocycles. The number of fused-ring (bicyclic) bond motifs is 1. The van der Waals surface area contributed by atoms with E-state index in [-0.39, 0.29) is 11.8 Å². The molecule has 0 saturated carbocycles. The van der Waals surface area contributed by atoms with Gasteiger partial charge in [0.15, 0.2) is 0 Å². The first-order valence-electron chi connectivity index (χ1n) is 7.40. The number of carbonyl (C=O) groups is 2. The molecule has 1 aromatic carbocycles. The van der Waals surface area contributed by atoms with Gasteiger partial charge in [-0.3, -0.25) is 4.79 Å². The maximum absolute atomic E-state index is 11.9. The second-order valence-corrected chi connectivity index (χ2v) is 6.11. The summed E-state index contributed by atoms with van der Waals surface area (Å²) in [5.74, 6) is -0.289. The number of carbonyl (C=O) groups excluding carboxylic acids is 1. The molecule has 1 aromatic rings. The summed E-state index contributed by atoms with van der Waals surface area (Å²) >= 11 is 0. The van der Waals surface area contributed by atoms with Crippen molar-refractivity contribution in [3.8, 4) is 0 Å². The van der Waals surface area contributed by atoms with Crippen LogP contribution < -0.4 is 5.32 Å². The Morgan fingerprint density at radius 3 is 2.71 bits per heavy atom. The van der Waals surface area contributed by atoms with Gasteiger partial charge in [0.05, 0.1) is 5.56 Å². The zero-order chi connectivity index (χ0) is 15.0. The van der Waals surface area contributed by atoms with E-state index in [1.807, 2.05) is 0 Å². The zero-order valence-electron chi connectivity index (χ0n) is 12.1. The highest BCUT2D eigenvalue weighted by Crippen LogP contribution is 2.41. The van der Waals surface area contributed by atoms with Gasteiger partial charge in [0.2, 0.25) is 5.91 Å². The van der Waals surface area contributed by atoms with E-state index in [4.69, 9.17) is 0 Å². The average Bonchev–Trinajstić information content (AvgIpc) is 2.46. The summed E-state index contributed by atoms with van der Waals surface area (Å²) < 4.78 is 0. The van der Waals surface area contributed by atoms with Crippen LogP contribution in [0, 0.1) is 5.92 Å². The number of likely N-dealkylation sites (tertiary alicyclic amines) is 1. The third-order valence-corrected chi connectivity index (χ3v) is 4.71. The summed E-state index contributed by atoms with van der Waals surface area (Å²) in [6, 6.07) is 5.01. The highest BCUT2D eigenvalue weighted by molar-refractivity contribution is 5.96. The first kappa shape index (κ1) is 14.1. The van der Waals surface area contributed by atoms with Crippen LogP contribution in [0.2, 0.25) is 0 Å². The Balaban J connectivity index is 1.93. The topological polar surface area (TPSA) is 69.6 Å². The van der Waals surface area contributed by atoms with E-state index in [0.29, 0.717) is 17.9 Å². The largest absolute Gasteiger partial charge is 0.478 e. The number of nitrogens with zero attached hydrogens (tertiary/aromatic N) is 1. The zero-order valence-corrected chi connectivity index (χ0v) is 12.1. The third kappa shape index (κ3) is 2.78. The molecule has 0 spiro atoms. The maximum Gasteiger partial charge on any atom is 0.335 e. The lowest BCUT2D eigenvalue weighted by Crippen LogP contribution is -2.35. The van der Waals surface area contributed by atoms with Crippen molar-refractivity contribution in [2.45, 2.75) is 25.2 Å². The molecule has 2 aliphatic rings. The summed E-state index contributed by atoms with van der Waals surface area (Å²) in [7, 11) is 2.11. The molecule has 1 atom stereocenters. The molecule has 1 amide bonds. The number of rotatable bonds is 2. The van der Waals surface area contributed by atoms with E-state index in [0.717, 1.165) is 37.2 Å². The quantitative estimate of drug-likeness (QED) is 0.875. The normalized spacial score (nSPS) is 23.5. The second kappa shape index (κ2) is 5.48. The monoisotopic (exact) mass is 288 g/mol. The molecular weight excluding hydrogens is 268 g/mol. The van der Waals surface area contributed by atoms with Crippen LogP contribution >= 0.6 is 0 Å². The number of amides is 1. The molecular formula is C16H20N2O3. The summed E-state index contributed by atoms with van der Waals surface area (Å²) in [6.45, 7) is 2.08. The van der Waals surface area contributed by atoms with Gasteiger partial charge in [0.1, 0.15) is 0 Å². The number of carboxylic acid groups (broad SMARTS) is 1. The fourth-order valence-corrected chi connectivity index (χ4v) is 3.48. The molecule has 0 aliphatic carbocycles. The van der Waals surface area contributed by atoms with Gasteiger partial charge in [-0.25, -0.2) is 4.79 Å². The lowest BCUT2D eigenvalue weighted by Gasteiger charge is -2.37. The molecule has 0 aromatic heterocycles. The van der Waals surface area contributed by atoms with Crippen LogP contribution in [-0.4, -0.2) is 42.0 Å². The van der Waals surface area contributed by atoms with Crippen molar-refractivity contribution in [3.63, 3.8) is 0 Å². The van der Waals surface area contributed by atoms with Crippen LogP contribution in [0.1, 0.15) is 41.1 Å². The molecule has 1 unspecified atom stereocenters. The first-order chi connectivity index (χ1) is 10.0. The van der Waals surface area contributed by atoms with Gasteiger partial charge >= 0.3 is 5.97 Å². The molecule has 5 nitrogen and oxygen atoms in total. The summed E-state index contributed by atoms with van der Waals surface area (Å²) in [6.07, 6.45) is 2.58. The third-order valence-electron chi connectivity index (χ3n) is 4.71. The fraction of sp³-hybridized carbons (Fsp3) is 0.500. The van der Waals surface area contributed by atoms with Crippen LogP contribution in [0.25, 0.3) is 0 Å². The van der Waals surface area contributed by atoms with Gasteiger partial charge in [-0.2, -0.15) is 0 Å². The Bertz CT molecular complexity index is 577.